The van der Waals surface area contributed by atoms with Crippen LogP contribution in [0.25, 0.3) is 10.2 Å². The second-order valence-electron chi connectivity index (χ2n) is 9.13. The maximum Gasteiger partial charge on any atom is 0.243 e. The summed E-state index contributed by atoms with van der Waals surface area (Å²) >= 11 is 1.47. The van der Waals surface area contributed by atoms with Crippen molar-refractivity contribution in [2.24, 2.45) is 5.92 Å². The van der Waals surface area contributed by atoms with Gasteiger partial charge in [-0.05, 0) is 73.4 Å². The molecule has 5 rings (SSSR count). The monoisotopic (exact) mass is 536 g/mol. The molecule has 2 aromatic heterocycles. The second kappa shape index (κ2) is 10.6. The molecule has 4 aromatic rings. The maximum absolute atomic E-state index is 14.0. The number of rotatable bonds is 7. The summed E-state index contributed by atoms with van der Waals surface area (Å²) in [5.41, 5.74) is 2.84. The predicted octanol–water partition coefficient (Wildman–Crippen LogP) is 4.64. The molecule has 2 aromatic carbocycles. The SMILES string of the molecule is COc1ccc(S(=O)(=O)N2CCCC(C(=O)N(Cc3cccnc3)c3nc4ccc(C)cc4s3)C2)cc1. The van der Waals surface area contributed by atoms with E-state index in [4.69, 9.17) is 9.72 Å². The maximum atomic E-state index is 14.0. The predicted molar refractivity (Wildman–Crippen MR) is 144 cm³/mol. The van der Waals surface area contributed by atoms with E-state index in [1.54, 1.807) is 29.4 Å². The molecule has 1 unspecified atom stereocenters. The summed E-state index contributed by atoms with van der Waals surface area (Å²) in [4.78, 5) is 24.8. The zero-order chi connectivity index (χ0) is 26.0. The van der Waals surface area contributed by atoms with Gasteiger partial charge in [-0.25, -0.2) is 13.4 Å². The molecule has 1 atom stereocenters. The zero-order valence-corrected chi connectivity index (χ0v) is 22.3. The van der Waals surface area contributed by atoms with Crippen LogP contribution in [-0.2, 0) is 21.4 Å². The Morgan fingerprint density at radius 2 is 2.00 bits per heavy atom. The molecule has 0 N–H and O–H groups in total. The fourth-order valence-corrected chi connectivity index (χ4v) is 7.12. The summed E-state index contributed by atoms with van der Waals surface area (Å²) in [6.45, 7) is 2.84. The Bertz CT molecular complexity index is 1500. The summed E-state index contributed by atoms with van der Waals surface area (Å²) in [7, 11) is -2.21. The van der Waals surface area contributed by atoms with Gasteiger partial charge in [0.25, 0.3) is 0 Å². The summed E-state index contributed by atoms with van der Waals surface area (Å²) in [6, 6.07) is 16.1. The fraction of sp³-hybridized carbons (Fsp3) is 0.296. The van der Waals surface area contributed by atoms with Crippen LogP contribution in [0.1, 0.15) is 24.0 Å². The Kier molecular flexibility index (Phi) is 7.23. The number of thiazole rings is 1. The first-order valence-electron chi connectivity index (χ1n) is 12.1. The van der Waals surface area contributed by atoms with E-state index in [-0.39, 0.29) is 17.3 Å². The Hall–Kier alpha value is -3.34. The van der Waals surface area contributed by atoms with Crippen LogP contribution in [0, 0.1) is 12.8 Å². The minimum absolute atomic E-state index is 0.126. The molecule has 0 saturated carbocycles. The third kappa shape index (κ3) is 5.36. The summed E-state index contributed by atoms with van der Waals surface area (Å²) in [5.74, 6) is -0.0239. The number of benzene rings is 2. The van der Waals surface area contributed by atoms with Crippen molar-refractivity contribution >= 4 is 42.6 Å². The molecule has 3 heterocycles. The number of piperidine rings is 1. The quantitative estimate of drug-likeness (QED) is 0.342. The van der Waals surface area contributed by atoms with Gasteiger partial charge < -0.3 is 4.74 Å². The van der Waals surface area contributed by atoms with Crippen molar-refractivity contribution in [2.75, 3.05) is 25.1 Å². The lowest BCUT2D eigenvalue weighted by atomic mass is 9.98. The number of methoxy groups -OCH3 is 1. The number of hydrogen-bond acceptors (Lipinski definition) is 7. The molecule has 0 bridgehead atoms. The molecular weight excluding hydrogens is 508 g/mol. The molecule has 1 aliphatic heterocycles. The van der Waals surface area contributed by atoms with E-state index in [1.807, 2.05) is 31.2 Å². The number of hydrogen-bond donors (Lipinski definition) is 0. The number of amides is 1. The highest BCUT2D eigenvalue weighted by atomic mass is 32.2. The number of pyridine rings is 1. The van der Waals surface area contributed by atoms with E-state index in [9.17, 15) is 13.2 Å². The molecule has 192 valence electrons. The Labute approximate surface area is 220 Å². The standard InChI is InChI=1S/C27H28N4O4S2/c1-19-7-12-24-25(15-19)36-27(29-24)31(17-20-5-3-13-28-16-20)26(32)21-6-4-14-30(18-21)37(33,34)23-10-8-22(35-2)9-11-23/h3,5,7-13,15-16,21H,4,6,14,17-18H2,1-2H3. The van der Waals surface area contributed by atoms with Gasteiger partial charge in [0, 0.05) is 25.5 Å². The van der Waals surface area contributed by atoms with Crippen molar-refractivity contribution in [3.63, 3.8) is 0 Å². The van der Waals surface area contributed by atoms with Crippen LogP contribution in [0.5, 0.6) is 5.75 Å². The zero-order valence-electron chi connectivity index (χ0n) is 20.7. The van der Waals surface area contributed by atoms with Gasteiger partial charge in [-0.3, -0.25) is 14.7 Å². The van der Waals surface area contributed by atoms with Gasteiger partial charge in [0.1, 0.15) is 5.75 Å². The first-order valence-corrected chi connectivity index (χ1v) is 14.3. The number of fused-ring (bicyclic) bond motifs is 1. The second-order valence-corrected chi connectivity index (χ2v) is 12.1. The van der Waals surface area contributed by atoms with E-state index in [0.29, 0.717) is 36.8 Å². The lowest BCUT2D eigenvalue weighted by molar-refractivity contribution is -0.123. The van der Waals surface area contributed by atoms with Crippen LogP contribution in [0.15, 0.2) is 71.9 Å². The highest BCUT2D eigenvalue weighted by molar-refractivity contribution is 7.89. The minimum atomic E-state index is -3.74. The lowest BCUT2D eigenvalue weighted by Gasteiger charge is -2.33. The normalized spacial score (nSPS) is 16.5. The first kappa shape index (κ1) is 25.3. The van der Waals surface area contributed by atoms with Gasteiger partial charge in [0.2, 0.25) is 15.9 Å². The van der Waals surface area contributed by atoms with E-state index < -0.39 is 15.9 Å². The van der Waals surface area contributed by atoms with E-state index in [2.05, 4.69) is 11.1 Å². The van der Waals surface area contributed by atoms with Gasteiger partial charge in [-0.15, -0.1) is 0 Å². The highest BCUT2D eigenvalue weighted by Crippen LogP contribution is 2.33. The van der Waals surface area contributed by atoms with Crippen LogP contribution in [0.2, 0.25) is 0 Å². The largest absolute Gasteiger partial charge is 0.497 e. The number of carbonyl (C=O) groups is 1. The van der Waals surface area contributed by atoms with E-state index in [0.717, 1.165) is 21.3 Å². The highest BCUT2D eigenvalue weighted by Gasteiger charge is 2.36. The number of ether oxygens (including phenoxy) is 1. The smallest absolute Gasteiger partial charge is 0.243 e. The Morgan fingerprint density at radius 3 is 2.73 bits per heavy atom. The molecule has 8 nitrogen and oxygen atoms in total. The average molecular weight is 537 g/mol. The molecule has 37 heavy (non-hydrogen) atoms. The molecule has 1 saturated heterocycles. The van der Waals surface area contributed by atoms with Crippen LogP contribution in [0.4, 0.5) is 5.13 Å². The molecule has 0 aliphatic carbocycles. The Morgan fingerprint density at radius 1 is 1.19 bits per heavy atom. The molecule has 1 aliphatic rings. The lowest BCUT2D eigenvalue weighted by Crippen LogP contribution is -2.46. The van der Waals surface area contributed by atoms with Gasteiger partial charge in [0.15, 0.2) is 5.13 Å². The number of aryl methyl sites for hydroxylation is 1. The summed E-state index contributed by atoms with van der Waals surface area (Å²) in [5, 5.41) is 0.601. The molecule has 0 radical (unpaired) electrons. The number of carbonyl (C=O) groups excluding carboxylic acids is 1. The third-order valence-corrected chi connectivity index (χ3v) is 9.44. The Balaban J connectivity index is 1.43. The molecular formula is C27H28N4O4S2. The van der Waals surface area contributed by atoms with Crippen molar-refractivity contribution in [1.82, 2.24) is 14.3 Å². The molecule has 10 heteroatoms. The van der Waals surface area contributed by atoms with Crippen molar-refractivity contribution in [3.05, 3.63) is 78.1 Å². The topological polar surface area (TPSA) is 92.7 Å². The first-order chi connectivity index (χ1) is 17.8. The fourth-order valence-electron chi connectivity index (χ4n) is 4.53. The van der Waals surface area contributed by atoms with E-state index >= 15 is 0 Å². The third-order valence-electron chi connectivity index (χ3n) is 6.52. The average Bonchev–Trinajstić information content (AvgIpc) is 3.35. The van der Waals surface area contributed by atoms with Gasteiger partial charge in [-0.1, -0.05) is 23.5 Å². The van der Waals surface area contributed by atoms with Crippen LogP contribution >= 0.6 is 11.3 Å². The molecule has 0 spiro atoms. The number of anilines is 1. The van der Waals surface area contributed by atoms with Crippen molar-refractivity contribution in [3.8, 4) is 5.75 Å². The number of sulfonamides is 1. The number of nitrogens with zero attached hydrogens (tertiary/aromatic N) is 4. The molecule has 1 fully saturated rings. The van der Waals surface area contributed by atoms with Gasteiger partial charge >= 0.3 is 0 Å². The van der Waals surface area contributed by atoms with Crippen molar-refractivity contribution in [2.45, 2.75) is 31.2 Å². The van der Waals surface area contributed by atoms with E-state index in [1.165, 1.54) is 34.9 Å². The van der Waals surface area contributed by atoms with Crippen LogP contribution in [-0.4, -0.2) is 48.8 Å². The van der Waals surface area contributed by atoms with Gasteiger partial charge in [-0.2, -0.15) is 4.31 Å². The molecule has 1 amide bonds. The van der Waals surface area contributed by atoms with Gasteiger partial charge in [0.05, 0.1) is 34.7 Å². The van der Waals surface area contributed by atoms with Crippen molar-refractivity contribution < 1.29 is 17.9 Å². The summed E-state index contributed by atoms with van der Waals surface area (Å²) < 4.78 is 34.3. The summed E-state index contributed by atoms with van der Waals surface area (Å²) in [6.07, 6.45) is 4.64. The van der Waals surface area contributed by atoms with Crippen LogP contribution < -0.4 is 9.64 Å². The van der Waals surface area contributed by atoms with Crippen molar-refractivity contribution in [1.29, 1.82) is 0 Å². The number of aromatic nitrogens is 2. The minimum Gasteiger partial charge on any atom is -0.497 e. The van der Waals surface area contributed by atoms with Crippen LogP contribution in [0.3, 0.4) is 0 Å².